The Bertz CT molecular complexity index is 355. The molecule has 0 radical (unpaired) electrons. The lowest BCUT2D eigenvalue weighted by atomic mass is 10.2. The standard InChI is InChI=1S/C12H17NO2S/c1-9-5-3-4-6-11(9)16-8-7-10(13)12(14)15-2/h3-6,10H,7-8,13H2,1-2H3. The number of aryl methyl sites for hydroxylation is 1. The summed E-state index contributed by atoms with van der Waals surface area (Å²) in [7, 11) is 1.36. The second-order valence-electron chi connectivity index (χ2n) is 3.53. The molecule has 0 amide bonds. The summed E-state index contributed by atoms with van der Waals surface area (Å²) < 4.78 is 4.57. The van der Waals surface area contributed by atoms with E-state index in [1.807, 2.05) is 12.1 Å². The summed E-state index contributed by atoms with van der Waals surface area (Å²) in [6, 6.07) is 7.66. The lowest BCUT2D eigenvalue weighted by molar-refractivity contribution is -0.142. The number of hydrogen-bond donors (Lipinski definition) is 1. The van der Waals surface area contributed by atoms with Gasteiger partial charge in [0.15, 0.2) is 0 Å². The van der Waals surface area contributed by atoms with Crippen LogP contribution in [0.5, 0.6) is 0 Å². The van der Waals surface area contributed by atoms with Crippen molar-refractivity contribution >= 4 is 17.7 Å². The second-order valence-corrected chi connectivity index (χ2v) is 4.67. The molecule has 2 N–H and O–H groups in total. The number of methoxy groups -OCH3 is 1. The number of rotatable bonds is 5. The van der Waals surface area contributed by atoms with Crippen molar-refractivity contribution in [1.29, 1.82) is 0 Å². The van der Waals surface area contributed by atoms with Crippen molar-refractivity contribution in [3.63, 3.8) is 0 Å². The van der Waals surface area contributed by atoms with E-state index in [9.17, 15) is 4.79 Å². The summed E-state index contributed by atoms with van der Waals surface area (Å²) in [5, 5.41) is 0. The summed E-state index contributed by atoms with van der Waals surface area (Å²) in [5.41, 5.74) is 6.89. The van der Waals surface area contributed by atoms with E-state index in [1.165, 1.54) is 17.6 Å². The zero-order chi connectivity index (χ0) is 12.0. The first-order valence-corrected chi connectivity index (χ1v) is 6.15. The van der Waals surface area contributed by atoms with Crippen LogP contribution >= 0.6 is 11.8 Å². The maximum Gasteiger partial charge on any atom is 0.322 e. The number of thioether (sulfide) groups is 1. The van der Waals surface area contributed by atoms with Crippen LogP contribution in [-0.4, -0.2) is 24.9 Å². The van der Waals surface area contributed by atoms with Gasteiger partial charge in [0.1, 0.15) is 6.04 Å². The third-order valence-electron chi connectivity index (χ3n) is 2.28. The molecule has 1 rings (SSSR count). The molecule has 1 aromatic carbocycles. The van der Waals surface area contributed by atoms with Crippen LogP contribution in [0.1, 0.15) is 12.0 Å². The monoisotopic (exact) mass is 239 g/mol. The highest BCUT2D eigenvalue weighted by Gasteiger charge is 2.13. The maximum atomic E-state index is 11.1. The topological polar surface area (TPSA) is 52.3 Å². The first-order valence-electron chi connectivity index (χ1n) is 5.17. The normalized spacial score (nSPS) is 12.2. The number of esters is 1. The molecule has 0 saturated heterocycles. The van der Waals surface area contributed by atoms with Crippen molar-refractivity contribution in [1.82, 2.24) is 0 Å². The molecule has 0 heterocycles. The summed E-state index contributed by atoms with van der Waals surface area (Å²) >= 11 is 1.72. The van der Waals surface area contributed by atoms with Gasteiger partial charge in [0.25, 0.3) is 0 Å². The molecular formula is C12H17NO2S. The van der Waals surface area contributed by atoms with Crippen LogP contribution in [0, 0.1) is 6.92 Å². The van der Waals surface area contributed by atoms with Gasteiger partial charge in [-0.25, -0.2) is 0 Å². The number of carbonyl (C=O) groups excluding carboxylic acids is 1. The number of nitrogens with two attached hydrogens (primary N) is 1. The molecule has 0 aromatic heterocycles. The molecule has 0 spiro atoms. The van der Waals surface area contributed by atoms with Crippen LogP contribution in [-0.2, 0) is 9.53 Å². The Morgan fingerprint density at radius 2 is 2.19 bits per heavy atom. The van der Waals surface area contributed by atoms with E-state index in [0.29, 0.717) is 6.42 Å². The number of carbonyl (C=O) groups is 1. The smallest absolute Gasteiger partial charge is 0.322 e. The molecule has 0 fully saturated rings. The zero-order valence-corrected chi connectivity index (χ0v) is 10.4. The summed E-state index contributed by atoms with van der Waals surface area (Å²) in [6.07, 6.45) is 0.631. The van der Waals surface area contributed by atoms with E-state index in [2.05, 4.69) is 23.8 Å². The fraction of sp³-hybridized carbons (Fsp3) is 0.417. The minimum atomic E-state index is -0.512. The molecular weight excluding hydrogens is 222 g/mol. The van der Waals surface area contributed by atoms with Gasteiger partial charge in [0.05, 0.1) is 7.11 Å². The third-order valence-corrected chi connectivity index (χ3v) is 3.49. The van der Waals surface area contributed by atoms with Crippen molar-refractivity contribution in [3.05, 3.63) is 29.8 Å². The molecule has 1 aromatic rings. The molecule has 0 aliphatic heterocycles. The lowest BCUT2D eigenvalue weighted by Gasteiger charge is -2.09. The molecule has 0 aliphatic carbocycles. The molecule has 4 heteroatoms. The Balaban J connectivity index is 2.36. The van der Waals surface area contributed by atoms with Crippen molar-refractivity contribution in [3.8, 4) is 0 Å². The molecule has 0 saturated carbocycles. The first-order chi connectivity index (χ1) is 7.65. The second kappa shape index (κ2) is 6.55. The Labute approximate surface area is 100 Å². The summed E-state index contributed by atoms with van der Waals surface area (Å²) in [5.74, 6) is 0.478. The van der Waals surface area contributed by atoms with E-state index in [0.717, 1.165) is 5.75 Å². The van der Waals surface area contributed by atoms with Gasteiger partial charge in [-0.05, 0) is 25.0 Å². The minimum absolute atomic E-state index is 0.342. The summed E-state index contributed by atoms with van der Waals surface area (Å²) in [4.78, 5) is 12.3. The average molecular weight is 239 g/mol. The zero-order valence-electron chi connectivity index (χ0n) is 9.60. The van der Waals surface area contributed by atoms with Crippen molar-refractivity contribution < 1.29 is 9.53 Å². The fourth-order valence-corrected chi connectivity index (χ4v) is 2.35. The molecule has 88 valence electrons. The van der Waals surface area contributed by atoms with E-state index >= 15 is 0 Å². The molecule has 1 atom stereocenters. The van der Waals surface area contributed by atoms with E-state index < -0.39 is 6.04 Å². The number of hydrogen-bond acceptors (Lipinski definition) is 4. The molecule has 16 heavy (non-hydrogen) atoms. The van der Waals surface area contributed by atoms with E-state index in [-0.39, 0.29) is 5.97 Å². The highest BCUT2D eigenvalue weighted by molar-refractivity contribution is 7.99. The van der Waals surface area contributed by atoms with Gasteiger partial charge in [0.2, 0.25) is 0 Å². The van der Waals surface area contributed by atoms with E-state index in [4.69, 9.17) is 5.73 Å². The minimum Gasteiger partial charge on any atom is -0.468 e. The van der Waals surface area contributed by atoms with Crippen LogP contribution in [0.4, 0.5) is 0 Å². The largest absolute Gasteiger partial charge is 0.468 e. The summed E-state index contributed by atoms with van der Waals surface area (Å²) in [6.45, 7) is 2.07. The van der Waals surface area contributed by atoms with Crippen molar-refractivity contribution in [2.24, 2.45) is 5.73 Å². The lowest BCUT2D eigenvalue weighted by Crippen LogP contribution is -2.31. The predicted molar refractivity (Wildman–Crippen MR) is 66.5 cm³/mol. The van der Waals surface area contributed by atoms with Crippen molar-refractivity contribution in [2.45, 2.75) is 24.3 Å². The fourth-order valence-electron chi connectivity index (χ4n) is 1.28. The van der Waals surface area contributed by atoms with Gasteiger partial charge >= 0.3 is 5.97 Å². The molecule has 3 nitrogen and oxygen atoms in total. The highest BCUT2D eigenvalue weighted by atomic mass is 32.2. The average Bonchev–Trinajstić information content (AvgIpc) is 2.30. The Morgan fingerprint density at radius 1 is 1.50 bits per heavy atom. The van der Waals surface area contributed by atoms with Crippen LogP contribution in [0.3, 0.4) is 0 Å². The predicted octanol–water partition coefficient (Wildman–Crippen LogP) is 1.98. The number of benzene rings is 1. The van der Waals surface area contributed by atoms with Crippen LogP contribution in [0.15, 0.2) is 29.2 Å². The van der Waals surface area contributed by atoms with Gasteiger partial charge in [-0.15, -0.1) is 11.8 Å². The highest BCUT2D eigenvalue weighted by Crippen LogP contribution is 2.22. The number of ether oxygens (including phenoxy) is 1. The Kier molecular flexibility index (Phi) is 5.35. The van der Waals surface area contributed by atoms with Gasteiger partial charge in [0, 0.05) is 10.6 Å². The van der Waals surface area contributed by atoms with Gasteiger partial charge in [-0.3, -0.25) is 4.79 Å². The molecule has 1 unspecified atom stereocenters. The van der Waals surface area contributed by atoms with Gasteiger partial charge < -0.3 is 10.5 Å². The van der Waals surface area contributed by atoms with Gasteiger partial charge in [-0.2, -0.15) is 0 Å². The molecule has 0 aliphatic rings. The maximum absolute atomic E-state index is 11.1. The Morgan fingerprint density at radius 3 is 2.81 bits per heavy atom. The van der Waals surface area contributed by atoms with Gasteiger partial charge in [-0.1, -0.05) is 18.2 Å². The van der Waals surface area contributed by atoms with Crippen LogP contribution < -0.4 is 5.73 Å². The van der Waals surface area contributed by atoms with Crippen molar-refractivity contribution in [2.75, 3.05) is 12.9 Å². The molecule has 0 bridgehead atoms. The van der Waals surface area contributed by atoms with Crippen LogP contribution in [0.2, 0.25) is 0 Å². The first kappa shape index (κ1) is 13.1. The third kappa shape index (κ3) is 3.87. The Hall–Kier alpha value is -1.00. The SMILES string of the molecule is COC(=O)C(N)CCSc1ccccc1C. The van der Waals surface area contributed by atoms with Crippen LogP contribution in [0.25, 0.3) is 0 Å². The van der Waals surface area contributed by atoms with E-state index in [1.54, 1.807) is 11.8 Å². The quantitative estimate of drug-likeness (QED) is 0.630.